The van der Waals surface area contributed by atoms with Crippen LogP contribution in [0.1, 0.15) is 16.7 Å². The first-order chi connectivity index (χ1) is 9.47. The Hall–Kier alpha value is -1.71. The minimum absolute atomic E-state index is 0.0602. The lowest BCUT2D eigenvalue weighted by atomic mass is 10.1. The Morgan fingerprint density at radius 2 is 1.90 bits per heavy atom. The molecule has 0 aliphatic rings. The highest BCUT2D eigenvalue weighted by atomic mass is 35.5. The van der Waals surface area contributed by atoms with Gasteiger partial charge >= 0.3 is 0 Å². The number of ether oxygens (including phenoxy) is 1. The molecule has 0 heterocycles. The molecule has 0 amide bonds. The molecule has 0 aromatic heterocycles. The summed E-state index contributed by atoms with van der Waals surface area (Å²) in [7, 11) is 0. The highest BCUT2D eigenvalue weighted by molar-refractivity contribution is 6.42. The first kappa shape index (κ1) is 14.7. The van der Waals surface area contributed by atoms with Crippen molar-refractivity contribution in [1.29, 1.82) is 5.41 Å². The highest BCUT2D eigenvalue weighted by Gasteiger charge is 2.05. The molecule has 0 atom stereocenters. The summed E-state index contributed by atoms with van der Waals surface area (Å²) in [6.07, 6.45) is 0. The fourth-order valence-corrected chi connectivity index (χ4v) is 2.04. The molecule has 0 bridgehead atoms. The first-order valence-electron chi connectivity index (χ1n) is 5.99. The molecule has 0 aliphatic heterocycles. The van der Waals surface area contributed by atoms with Crippen LogP contribution in [-0.2, 0) is 6.61 Å². The predicted molar refractivity (Wildman–Crippen MR) is 83.0 cm³/mol. The maximum Gasteiger partial charge on any atom is 0.122 e. The lowest BCUT2D eigenvalue weighted by molar-refractivity contribution is 0.305. The van der Waals surface area contributed by atoms with Crippen LogP contribution in [0.4, 0.5) is 0 Å². The van der Waals surface area contributed by atoms with Gasteiger partial charge in [-0.2, -0.15) is 0 Å². The van der Waals surface area contributed by atoms with Gasteiger partial charge in [-0.15, -0.1) is 0 Å². The SMILES string of the molecule is Cc1cc(C(=N)N)ccc1COc1ccc(Cl)c(Cl)c1. The average Bonchev–Trinajstić information content (AvgIpc) is 2.41. The second-order valence-corrected chi connectivity index (χ2v) is 5.23. The van der Waals surface area contributed by atoms with Gasteiger partial charge in [-0.1, -0.05) is 35.3 Å². The van der Waals surface area contributed by atoms with E-state index in [0.29, 0.717) is 28.0 Å². The third-order valence-corrected chi connectivity index (χ3v) is 3.68. The van der Waals surface area contributed by atoms with Crippen molar-refractivity contribution in [3.05, 3.63) is 63.1 Å². The maximum absolute atomic E-state index is 7.40. The van der Waals surface area contributed by atoms with Crippen molar-refractivity contribution in [2.45, 2.75) is 13.5 Å². The largest absolute Gasteiger partial charge is 0.489 e. The smallest absolute Gasteiger partial charge is 0.122 e. The first-order valence-corrected chi connectivity index (χ1v) is 6.74. The summed E-state index contributed by atoms with van der Waals surface area (Å²) in [6.45, 7) is 2.38. The number of nitrogens with two attached hydrogens (primary N) is 1. The minimum atomic E-state index is 0.0602. The van der Waals surface area contributed by atoms with E-state index < -0.39 is 0 Å². The van der Waals surface area contributed by atoms with Crippen molar-refractivity contribution in [3.8, 4) is 5.75 Å². The van der Waals surface area contributed by atoms with Crippen molar-refractivity contribution in [1.82, 2.24) is 0 Å². The molecule has 0 fully saturated rings. The molecule has 0 saturated carbocycles. The van der Waals surface area contributed by atoms with Gasteiger partial charge in [-0.25, -0.2) is 0 Å². The lowest BCUT2D eigenvalue weighted by Gasteiger charge is -2.10. The van der Waals surface area contributed by atoms with Crippen LogP contribution in [0.25, 0.3) is 0 Å². The zero-order valence-electron chi connectivity index (χ0n) is 10.9. The Balaban J connectivity index is 2.10. The molecule has 5 heteroatoms. The molecule has 0 spiro atoms. The summed E-state index contributed by atoms with van der Waals surface area (Å²) in [5, 5.41) is 8.37. The van der Waals surface area contributed by atoms with Crippen LogP contribution in [0.3, 0.4) is 0 Å². The van der Waals surface area contributed by atoms with Gasteiger partial charge in [0.2, 0.25) is 0 Å². The Labute approximate surface area is 127 Å². The van der Waals surface area contributed by atoms with Crippen LogP contribution in [0, 0.1) is 12.3 Å². The van der Waals surface area contributed by atoms with E-state index >= 15 is 0 Å². The minimum Gasteiger partial charge on any atom is -0.489 e. The summed E-state index contributed by atoms with van der Waals surface area (Å²) in [5.41, 5.74) is 8.22. The number of nitrogens with one attached hydrogen (secondary N) is 1. The fraction of sp³-hybridized carbons (Fsp3) is 0.133. The second kappa shape index (κ2) is 6.16. The topological polar surface area (TPSA) is 59.1 Å². The molecule has 3 N–H and O–H groups in total. The lowest BCUT2D eigenvalue weighted by Crippen LogP contribution is -2.11. The van der Waals surface area contributed by atoms with Crippen LogP contribution in [0.2, 0.25) is 10.0 Å². The van der Waals surface area contributed by atoms with E-state index in [4.69, 9.17) is 39.1 Å². The van der Waals surface area contributed by atoms with Gasteiger partial charge in [0.25, 0.3) is 0 Å². The van der Waals surface area contributed by atoms with Gasteiger partial charge in [0.05, 0.1) is 10.0 Å². The molecule has 2 aromatic rings. The number of rotatable bonds is 4. The van der Waals surface area contributed by atoms with E-state index in [1.807, 2.05) is 25.1 Å². The van der Waals surface area contributed by atoms with Crippen molar-refractivity contribution >= 4 is 29.0 Å². The molecule has 3 nitrogen and oxygen atoms in total. The van der Waals surface area contributed by atoms with Gasteiger partial charge in [-0.05, 0) is 36.2 Å². The zero-order valence-corrected chi connectivity index (χ0v) is 12.4. The van der Waals surface area contributed by atoms with Gasteiger partial charge in [0.15, 0.2) is 0 Å². The number of aryl methyl sites for hydroxylation is 1. The number of hydrogen-bond acceptors (Lipinski definition) is 2. The highest BCUT2D eigenvalue weighted by Crippen LogP contribution is 2.27. The van der Waals surface area contributed by atoms with Crippen molar-refractivity contribution in [3.63, 3.8) is 0 Å². The molecule has 0 radical (unpaired) electrons. The van der Waals surface area contributed by atoms with E-state index in [-0.39, 0.29) is 5.84 Å². The van der Waals surface area contributed by atoms with Gasteiger partial charge < -0.3 is 10.5 Å². The molecule has 0 unspecified atom stereocenters. The Bertz CT molecular complexity index is 656. The molecule has 0 aliphatic carbocycles. The van der Waals surface area contributed by atoms with Crippen LogP contribution in [0.5, 0.6) is 5.75 Å². The Morgan fingerprint density at radius 3 is 2.50 bits per heavy atom. The van der Waals surface area contributed by atoms with Gasteiger partial charge in [0, 0.05) is 11.6 Å². The number of benzene rings is 2. The molecule has 2 aromatic carbocycles. The van der Waals surface area contributed by atoms with Crippen LogP contribution in [0.15, 0.2) is 36.4 Å². The van der Waals surface area contributed by atoms with Crippen LogP contribution >= 0.6 is 23.2 Å². The molecule has 0 saturated heterocycles. The molecule has 2 rings (SSSR count). The van der Waals surface area contributed by atoms with Crippen LogP contribution < -0.4 is 10.5 Å². The van der Waals surface area contributed by atoms with E-state index in [0.717, 1.165) is 11.1 Å². The standard InChI is InChI=1S/C15H14Cl2N2O/c1-9-6-10(15(18)19)2-3-11(9)8-20-12-4-5-13(16)14(17)7-12/h2-7H,8H2,1H3,(H3,18,19). The number of halogens is 2. The predicted octanol–water partition coefficient (Wildman–Crippen LogP) is 4.16. The normalized spacial score (nSPS) is 10.3. The summed E-state index contributed by atoms with van der Waals surface area (Å²) >= 11 is 11.8. The zero-order chi connectivity index (χ0) is 14.7. The van der Waals surface area contributed by atoms with E-state index in [2.05, 4.69) is 0 Å². The Morgan fingerprint density at radius 1 is 1.15 bits per heavy atom. The van der Waals surface area contributed by atoms with E-state index in [9.17, 15) is 0 Å². The maximum atomic E-state index is 7.40. The summed E-state index contributed by atoms with van der Waals surface area (Å²) < 4.78 is 5.68. The molecular weight excluding hydrogens is 295 g/mol. The second-order valence-electron chi connectivity index (χ2n) is 4.42. The third-order valence-electron chi connectivity index (χ3n) is 2.94. The quantitative estimate of drug-likeness (QED) is 0.658. The van der Waals surface area contributed by atoms with Crippen molar-refractivity contribution in [2.24, 2.45) is 5.73 Å². The summed E-state index contributed by atoms with van der Waals surface area (Å²) in [6, 6.07) is 10.7. The fourth-order valence-electron chi connectivity index (χ4n) is 1.75. The Kier molecular flexibility index (Phi) is 4.53. The van der Waals surface area contributed by atoms with E-state index in [1.54, 1.807) is 18.2 Å². The third kappa shape index (κ3) is 3.44. The van der Waals surface area contributed by atoms with E-state index in [1.165, 1.54) is 0 Å². The molecule has 20 heavy (non-hydrogen) atoms. The number of hydrogen-bond donors (Lipinski definition) is 2. The van der Waals surface area contributed by atoms with Crippen molar-refractivity contribution < 1.29 is 4.74 Å². The average molecular weight is 309 g/mol. The molecule has 104 valence electrons. The number of amidine groups is 1. The van der Waals surface area contributed by atoms with Crippen molar-refractivity contribution in [2.75, 3.05) is 0 Å². The summed E-state index contributed by atoms with van der Waals surface area (Å²) in [4.78, 5) is 0. The molecular formula is C15H14Cl2N2O. The number of nitrogen functional groups attached to an aromatic ring is 1. The van der Waals surface area contributed by atoms with Crippen LogP contribution in [-0.4, -0.2) is 5.84 Å². The summed E-state index contributed by atoms with van der Waals surface area (Å²) in [5.74, 6) is 0.722. The van der Waals surface area contributed by atoms with Gasteiger partial charge in [-0.3, -0.25) is 5.41 Å². The monoisotopic (exact) mass is 308 g/mol. The van der Waals surface area contributed by atoms with Gasteiger partial charge in [0.1, 0.15) is 18.2 Å².